The molecule has 0 radical (unpaired) electrons. The third kappa shape index (κ3) is 3.62. The highest BCUT2D eigenvalue weighted by Gasteiger charge is 2.13. The zero-order valence-electron chi connectivity index (χ0n) is 15.4. The fourth-order valence-corrected chi connectivity index (χ4v) is 3.95. The van der Waals surface area contributed by atoms with Crippen LogP contribution in [0.4, 0.5) is 0 Å². The van der Waals surface area contributed by atoms with E-state index in [0.29, 0.717) is 17.5 Å². The average Bonchev–Trinajstić information content (AvgIpc) is 3.28. The van der Waals surface area contributed by atoms with E-state index in [2.05, 4.69) is 32.5 Å². The lowest BCUT2D eigenvalue weighted by molar-refractivity contribution is 0.391. The van der Waals surface area contributed by atoms with E-state index >= 15 is 0 Å². The van der Waals surface area contributed by atoms with E-state index < -0.39 is 0 Å². The normalized spacial score (nSPS) is 11.0. The summed E-state index contributed by atoms with van der Waals surface area (Å²) in [6.07, 6.45) is 0. The second-order valence-electron chi connectivity index (χ2n) is 6.43. The number of nitrogens with zero attached hydrogens (tertiary/aromatic N) is 4. The predicted molar refractivity (Wildman–Crippen MR) is 114 cm³/mol. The first-order valence-electron chi connectivity index (χ1n) is 9.20. The third-order valence-corrected chi connectivity index (χ3v) is 5.50. The Labute approximate surface area is 171 Å². The molecular formula is C23H16N4OS. The van der Waals surface area contributed by atoms with Crippen molar-refractivity contribution < 1.29 is 4.52 Å². The summed E-state index contributed by atoms with van der Waals surface area (Å²) < 4.78 is 5.42. The number of rotatable bonds is 5. The molecule has 0 amide bonds. The van der Waals surface area contributed by atoms with Crippen molar-refractivity contribution in [3.63, 3.8) is 0 Å². The molecule has 0 bridgehead atoms. The van der Waals surface area contributed by atoms with Crippen LogP contribution >= 0.6 is 11.8 Å². The molecule has 0 atom stereocenters. The van der Waals surface area contributed by atoms with Gasteiger partial charge in [-0.2, -0.15) is 4.98 Å². The zero-order valence-corrected chi connectivity index (χ0v) is 16.2. The van der Waals surface area contributed by atoms with Gasteiger partial charge in [0.1, 0.15) is 10.7 Å². The van der Waals surface area contributed by atoms with E-state index in [-0.39, 0.29) is 0 Å². The fourth-order valence-electron chi connectivity index (χ4n) is 3.14. The van der Waals surface area contributed by atoms with Gasteiger partial charge in [0.2, 0.25) is 11.7 Å². The van der Waals surface area contributed by atoms with E-state index in [1.165, 1.54) is 0 Å². The Kier molecular flexibility index (Phi) is 4.76. The summed E-state index contributed by atoms with van der Waals surface area (Å²) >= 11 is 1.55. The summed E-state index contributed by atoms with van der Waals surface area (Å²) in [5.41, 5.74) is 2.87. The van der Waals surface area contributed by atoms with Gasteiger partial charge in [0.25, 0.3) is 0 Å². The highest BCUT2D eigenvalue weighted by atomic mass is 32.2. The van der Waals surface area contributed by atoms with Gasteiger partial charge in [0.05, 0.1) is 5.75 Å². The summed E-state index contributed by atoms with van der Waals surface area (Å²) in [5, 5.41) is 16.1. The number of aromatic nitrogens is 4. The Morgan fingerprint density at radius 1 is 0.690 bits per heavy atom. The van der Waals surface area contributed by atoms with Crippen LogP contribution in [0.1, 0.15) is 5.89 Å². The molecule has 0 aliphatic rings. The minimum atomic E-state index is 0.531. The van der Waals surface area contributed by atoms with Crippen LogP contribution in [0, 0.1) is 0 Å². The molecule has 3 aromatic carbocycles. The summed E-state index contributed by atoms with van der Waals surface area (Å²) in [7, 11) is 0. The average molecular weight is 396 g/mol. The van der Waals surface area contributed by atoms with E-state index in [9.17, 15) is 0 Å². The Balaban J connectivity index is 1.43. The molecule has 0 unspecified atom stereocenters. The van der Waals surface area contributed by atoms with Crippen LogP contribution in [0.25, 0.3) is 33.4 Å². The molecule has 140 valence electrons. The summed E-state index contributed by atoms with van der Waals surface area (Å²) in [6, 6.07) is 28.1. The number of hydrogen-bond acceptors (Lipinski definition) is 6. The van der Waals surface area contributed by atoms with Crippen LogP contribution in [0.3, 0.4) is 0 Å². The van der Waals surface area contributed by atoms with Gasteiger partial charge in [-0.05, 0) is 0 Å². The standard InChI is InChI=1S/C23H16N4OS/c1-3-9-16(10-4-1)21-18-13-7-8-14-19(18)23(26-25-21)29-15-20-24-22(27-28-20)17-11-5-2-6-12-17/h1-14H,15H2. The Bertz CT molecular complexity index is 1260. The predicted octanol–water partition coefficient (Wildman–Crippen LogP) is 5.64. The monoisotopic (exact) mass is 396 g/mol. The number of fused-ring (bicyclic) bond motifs is 1. The molecule has 0 aliphatic carbocycles. The van der Waals surface area contributed by atoms with Gasteiger partial charge in [-0.15, -0.1) is 10.2 Å². The molecule has 5 nitrogen and oxygen atoms in total. The SMILES string of the molecule is c1ccc(-c2noc(CSc3nnc(-c4ccccc4)c4ccccc34)n2)cc1. The molecule has 0 N–H and O–H groups in total. The molecule has 29 heavy (non-hydrogen) atoms. The smallest absolute Gasteiger partial charge is 0.237 e. The Morgan fingerprint density at radius 3 is 2.10 bits per heavy atom. The van der Waals surface area contributed by atoms with Crippen molar-refractivity contribution in [1.82, 2.24) is 20.3 Å². The Hall–Kier alpha value is -3.51. The van der Waals surface area contributed by atoms with E-state index in [1.807, 2.05) is 72.8 Å². The minimum Gasteiger partial charge on any atom is -0.338 e. The van der Waals surface area contributed by atoms with Crippen molar-refractivity contribution in [3.05, 3.63) is 90.8 Å². The van der Waals surface area contributed by atoms with Crippen molar-refractivity contribution >= 4 is 22.5 Å². The van der Waals surface area contributed by atoms with Crippen LogP contribution in [0.5, 0.6) is 0 Å². The maximum absolute atomic E-state index is 5.42. The molecule has 0 saturated carbocycles. The van der Waals surface area contributed by atoms with Crippen molar-refractivity contribution in [2.24, 2.45) is 0 Å². The van der Waals surface area contributed by atoms with Gasteiger partial charge in [-0.25, -0.2) is 0 Å². The van der Waals surface area contributed by atoms with Crippen molar-refractivity contribution in [2.45, 2.75) is 10.8 Å². The van der Waals surface area contributed by atoms with E-state index in [1.54, 1.807) is 11.8 Å². The topological polar surface area (TPSA) is 64.7 Å². The van der Waals surface area contributed by atoms with Gasteiger partial charge in [0, 0.05) is 21.9 Å². The van der Waals surface area contributed by atoms with Crippen LogP contribution in [0.2, 0.25) is 0 Å². The first-order valence-corrected chi connectivity index (χ1v) is 10.2. The second-order valence-corrected chi connectivity index (χ2v) is 7.40. The van der Waals surface area contributed by atoms with Gasteiger partial charge in [-0.3, -0.25) is 0 Å². The summed E-state index contributed by atoms with van der Waals surface area (Å²) in [4.78, 5) is 4.49. The van der Waals surface area contributed by atoms with Crippen LogP contribution in [-0.2, 0) is 5.75 Å². The van der Waals surface area contributed by atoms with Gasteiger partial charge in [-0.1, -0.05) is 102 Å². The molecule has 0 aliphatic heterocycles. The summed E-state index contributed by atoms with van der Waals surface area (Å²) in [6.45, 7) is 0. The maximum atomic E-state index is 5.42. The van der Waals surface area contributed by atoms with Crippen molar-refractivity contribution in [2.75, 3.05) is 0 Å². The molecule has 6 heteroatoms. The first-order chi connectivity index (χ1) is 14.4. The number of hydrogen-bond donors (Lipinski definition) is 0. The lowest BCUT2D eigenvalue weighted by Crippen LogP contribution is -1.94. The molecule has 5 aromatic rings. The molecule has 0 saturated heterocycles. The van der Waals surface area contributed by atoms with Crippen LogP contribution in [-0.4, -0.2) is 20.3 Å². The van der Waals surface area contributed by atoms with Gasteiger partial charge in [0.15, 0.2) is 0 Å². The van der Waals surface area contributed by atoms with Crippen LogP contribution < -0.4 is 0 Å². The first kappa shape index (κ1) is 17.6. The van der Waals surface area contributed by atoms with Gasteiger partial charge >= 0.3 is 0 Å². The van der Waals surface area contributed by atoms with E-state index in [4.69, 9.17) is 4.52 Å². The molecule has 0 fully saturated rings. The number of benzene rings is 3. The molecular weight excluding hydrogens is 380 g/mol. The van der Waals surface area contributed by atoms with Crippen molar-refractivity contribution in [1.29, 1.82) is 0 Å². The zero-order chi connectivity index (χ0) is 19.5. The van der Waals surface area contributed by atoms with Crippen LogP contribution in [0.15, 0.2) is 94.5 Å². The highest BCUT2D eigenvalue weighted by molar-refractivity contribution is 7.98. The molecule has 2 aromatic heterocycles. The quantitative estimate of drug-likeness (QED) is 0.358. The van der Waals surface area contributed by atoms with Gasteiger partial charge < -0.3 is 4.52 Å². The lowest BCUT2D eigenvalue weighted by atomic mass is 10.1. The van der Waals surface area contributed by atoms with Crippen molar-refractivity contribution in [3.8, 4) is 22.6 Å². The molecule has 5 rings (SSSR count). The third-order valence-electron chi connectivity index (χ3n) is 4.53. The second kappa shape index (κ2) is 7.85. The largest absolute Gasteiger partial charge is 0.338 e. The van der Waals surface area contributed by atoms with E-state index in [0.717, 1.165) is 32.6 Å². The molecule has 2 heterocycles. The maximum Gasteiger partial charge on any atom is 0.237 e. The highest BCUT2D eigenvalue weighted by Crippen LogP contribution is 2.32. The molecule has 0 spiro atoms. The number of thioether (sulfide) groups is 1. The Morgan fingerprint density at radius 2 is 1.34 bits per heavy atom. The summed E-state index contributed by atoms with van der Waals surface area (Å²) in [5.74, 6) is 1.69. The minimum absolute atomic E-state index is 0.531. The lowest BCUT2D eigenvalue weighted by Gasteiger charge is -2.08. The fraction of sp³-hybridized carbons (Fsp3) is 0.0435.